The molecule has 1 aliphatic heterocycles. The van der Waals surface area contributed by atoms with Gasteiger partial charge in [-0.15, -0.1) is 0 Å². The minimum atomic E-state index is -2.49. The molecular weight excluding hydrogens is 660 g/mol. The Hall–Kier alpha value is -4.77. The average Bonchev–Trinajstić information content (AvgIpc) is 3.01. The van der Waals surface area contributed by atoms with Crippen LogP contribution in [0.25, 0.3) is 10.9 Å². The number of carboxylic acid groups (broad SMARTS) is 2. The van der Waals surface area contributed by atoms with Crippen LogP contribution in [0.2, 0.25) is 5.02 Å². The van der Waals surface area contributed by atoms with Crippen molar-refractivity contribution in [1.29, 1.82) is 0 Å². The van der Waals surface area contributed by atoms with Gasteiger partial charge in [0.25, 0.3) is 5.91 Å². The molecule has 17 heteroatoms. The number of carbonyl (C=O) groups excluding carboxylic acids is 2. The van der Waals surface area contributed by atoms with E-state index in [4.69, 9.17) is 31.3 Å². The number of hydrogen-bond donors (Lipinski definition) is 5. The van der Waals surface area contributed by atoms with Crippen LogP contribution < -0.4 is 15.4 Å². The van der Waals surface area contributed by atoms with Gasteiger partial charge in [-0.25, -0.2) is 23.5 Å². The van der Waals surface area contributed by atoms with Crippen molar-refractivity contribution in [3.63, 3.8) is 0 Å². The van der Waals surface area contributed by atoms with E-state index < -0.39 is 53.7 Å². The van der Waals surface area contributed by atoms with Crippen molar-refractivity contribution < 1.29 is 52.8 Å². The maximum absolute atomic E-state index is 13.5. The summed E-state index contributed by atoms with van der Waals surface area (Å²) in [5, 5.41) is 32.0. The van der Waals surface area contributed by atoms with Gasteiger partial charge >= 0.3 is 11.9 Å². The summed E-state index contributed by atoms with van der Waals surface area (Å²) in [5.74, 6) is -5.69. The highest BCUT2D eigenvalue weighted by atomic mass is 35.5. The van der Waals surface area contributed by atoms with Crippen LogP contribution >= 0.6 is 11.6 Å². The van der Waals surface area contributed by atoms with Gasteiger partial charge < -0.3 is 35.4 Å². The number of ketones is 1. The minimum Gasteiger partial charge on any atom is -0.491 e. The number of halogens is 3. The van der Waals surface area contributed by atoms with Gasteiger partial charge in [-0.3, -0.25) is 19.3 Å². The molecule has 3 aromatic rings. The van der Waals surface area contributed by atoms with Gasteiger partial charge in [0.05, 0.1) is 42.5 Å². The van der Waals surface area contributed by atoms with Crippen molar-refractivity contribution in [2.24, 2.45) is 0 Å². The van der Waals surface area contributed by atoms with E-state index in [1.54, 1.807) is 12.1 Å². The van der Waals surface area contributed by atoms with E-state index in [1.165, 1.54) is 24.5 Å². The number of hydrogen-bond acceptors (Lipinski definition) is 11. The highest BCUT2D eigenvalue weighted by molar-refractivity contribution is 6.31. The second-order valence-corrected chi connectivity index (χ2v) is 11.0. The standard InChI is InChI=1S/C24H24ClF2N5O3.C7H10O6/c1-15(26)24(33)31-21-12-17-20(13-22(21)35-8-2-5-32-6-9-34-10-7-32)28-14-29-23(17)30-16-3-4-19(27)18(25)11-16;1-4(8)2-7(13,6(11)12)3-5(9)10/h3-4,11-14H,1-2,5-10H2,(H,31,33)(H,28,29,30);13H,2-3H2,1H3,(H,9,10)(H,11,12). The predicted molar refractivity (Wildman–Crippen MR) is 171 cm³/mol. The monoisotopic (exact) mass is 693 g/mol. The van der Waals surface area contributed by atoms with E-state index in [-0.39, 0.29) is 10.7 Å². The highest BCUT2D eigenvalue weighted by Crippen LogP contribution is 2.34. The Labute approximate surface area is 278 Å². The Balaban J connectivity index is 0.000000408. The third kappa shape index (κ3) is 11.2. The fourth-order valence-electron chi connectivity index (χ4n) is 4.47. The molecule has 0 aliphatic carbocycles. The van der Waals surface area contributed by atoms with Crippen LogP contribution in [0, 0.1) is 5.82 Å². The fraction of sp³-hybridized carbons (Fsp3) is 0.355. The molecule has 14 nitrogen and oxygen atoms in total. The Morgan fingerprint density at radius 2 is 1.83 bits per heavy atom. The van der Waals surface area contributed by atoms with E-state index >= 15 is 0 Å². The summed E-state index contributed by atoms with van der Waals surface area (Å²) in [7, 11) is 0. The lowest BCUT2D eigenvalue weighted by Crippen LogP contribution is -2.42. The second-order valence-electron chi connectivity index (χ2n) is 10.6. The zero-order chi connectivity index (χ0) is 35.4. The van der Waals surface area contributed by atoms with Crippen molar-refractivity contribution in [3.8, 4) is 5.75 Å². The number of aliphatic carboxylic acids is 2. The predicted octanol–water partition coefficient (Wildman–Crippen LogP) is 3.94. The van der Waals surface area contributed by atoms with E-state index in [9.17, 15) is 33.1 Å². The van der Waals surface area contributed by atoms with Gasteiger partial charge in [-0.2, -0.15) is 0 Å². The van der Waals surface area contributed by atoms with Crippen LogP contribution in [0.3, 0.4) is 0 Å². The third-order valence-corrected chi connectivity index (χ3v) is 7.07. The molecule has 1 amide bonds. The third-order valence-electron chi connectivity index (χ3n) is 6.78. The molecule has 1 unspecified atom stereocenters. The number of anilines is 3. The molecule has 0 spiro atoms. The highest BCUT2D eigenvalue weighted by Gasteiger charge is 2.39. The molecule has 1 atom stereocenters. The van der Waals surface area contributed by atoms with E-state index in [0.717, 1.165) is 46.2 Å². The number of carbonyl (C=O) groups is 4. The molecule has 1 aromatic heterocycles. The topological polar surface area (TPSA) is 201 Å². The van der Waals surface area contributed by atoms with Gasteiger partial charge in [0.15, 0.2) is 11.4 Å². The Kier molecular flexibility index (Phi) is 13.7. The molecule has 5 N–H and O–H groups in total. The van der Waals surface area contributed by atoms with Crippen molar-refractivity contribution in [2.45, 2.75) is 31.8 Å². The van der Waals surface area contributed by atoms with Crippen molar-refractivity contribution in [1.82, 2.24) is 14.9 Å². The van der Waals surface area contributed by atoms with Crippen LogP contribution in [-0.4, -0.2) is 98.9 Å². The van der Waals surface area contributed by atoms with Crippen LogP contribution in [0.5, 0.6) is 5.75 Å². The zero-order valence-electron chi connectivity index (χ0n) is 25.8. The average molecular weight is 694 g/mol. The number of amides is 1. The lowest BCUT2D eigenvalue weighted by atomic mass is 9.94. The number of aromatic nitrogens is 2. The van der Waals surface area contributed by atoms with E-state index in [1.807, 2.05) is 0 Å². The summed E-state index contributed by atoms with van der Waals surface area (Å²) < 4.78 is 38.2. The van der Waals surface area contributed by atoms with Gasteiger partial charge in [0.1, 0.15) is 29.5 Å². The lowest BCUT2D eigenvalue weighted by molar-refractivity contribution is -0.167. The number of fused-ring (bicyclic) bond motifs is 1. The fourth-order valence-corrected chi connectivity index (χ4v) is 4.65. The summed E-state index contributed by atoms with van der Waals surface area (Å²) in [6.45, 7) is 8.54. The SMILES string of the molecule is C=C(F)C(=O)Nc1cc2c(Nc3ccc(F)c(Cl)c3)ncnc2cc1OCCCN1CCOCC1.CC(=O)CC(O)(CC(=O)O)C(=O)O. The minimum absolute atomic E-state index is 0.0458. The molecule has 0 radical (unpaired) electrons. The van der Waals surface area contributed by atoms with Gasteiger partial charge in [-0.1, -0.05) is 18.2 Å². The number of benzene rings is 2. The zero-order valence-corrected chi connectivity index (χ0v) is 26.6. The molecule has 1 fully saturated rings. The van der Waals surface area contributed by atoms with Crippen molar-refractivity contribution in [3.05, 3.63) is 59.9 Å². The first kappa shape index (κ1) is 37.7. The Morgan fingerprint density at radius 1 is 1.12 bits per heavy atom. The van der Waals surface area contributed by atoms with Crippen LogP contribution in [0.15, 0.2) is 49.1 Å². The maximum atomic E-state index is 13.5. The second kappa shape index (κ2) is 17.4. The summed E-state index contributed by atoms with van der Waals surface area (Å²) in [6.07, 6.45) is 0.430. The number of nitrogens with one attached hydrogen (secondary N) is 2. The quantitative estimate of drug-likeness (QED) is 0.120. The van der Waals surface area contributed by atoms with Crippen LogP contribution in [0.4, 0.5) is 26.0 Å². The van der Waals surface area contributed by atoms with Crippen LogP contribution in [0.1, 0.15) is 26.2 Å². The number of Topliss-reactive ketones (excluding diaryl/α,β-unsaturated/α-hetero) is 1. The molecule has 48 heavy (non-hydrogen) atoms. The first-order chi connectivity index (χ1) is 22.7. The number of morpholine rings is 1. The maximum Gasteiger partial charge on any atom is 0.336 e. The largest absolute Gasteiger partial charge is 0.491 e. The van der Waals surface area contributed by atoms with Crippen LogP contribution in [-0.2, 0) is 23.9 Å². The molecule has 2 aromatic carbocycles. The molecule has 1 saturated heterocycles. The van der Waals surface area contributed by atoms with Crippen molar-refractivity contribution >= 4 is 63.3 Å². The van der Waals surface area contributed by atoms with E-state index in [0.29, 0.717) is 34.8 Å². The Bertz CT molecular complexity index is 1650. The van der Waals surface area contributed by atoms with E-state index in [2.05, 4.69) is 32.1 Å². The molecule has 2 heterocycles. The summed E-state index contributed by atoms with van der Waals surface area (Å²) >= 11 is 5.88. The number of carboxylic acids is 2. The molecule has 0 bridgehead atoms. The number of nitrogens with zero attached hydrogens (tertiary/aromatic N) is 3. The van der Waals surface area contributed by atoms with Gasteiger partial charge in [-0.05, 0) is 37.6 Å². The number of aliphatic hydroxyl groups is 1. The molecule has 1 aliphatic rings. The number of ether oxygens (including phenoxy) is 2. The molecule has 258 valence electrons. The summed E-state index contributed by atoms with van der Waals surface area (Å²) in [5.41, 5.74) is -1.22. The summed E-state index contributed by atoms with van der Waals surface area (Å²) in [4.78, 5) is 54.0. The molecule has 0 saturated carbocycles. The summed E-state index contributed by atoms with van der Waals surface area (Å²) in [6, 6.07) is 7.39. The molecular formula is C31H34ClF2N5O9. The first-order valence-corrected chi connectivity index (χ1v) is 14.8. The normalized spacial score (nSPS) is 14.2. The van der Waals surface area contributed by atoms with Gasteiger partial charge in [0.2, 0.25) is 0 Å². The number of rotatable bonds is 14. The first-order valence-electron chi connectivity index (χ1n) is 14.4. The molecule has 4 rings (SSSR count). The lowest BCUT2D eigenvalue weighted by Gasteiger charge is -2.26. The van der Waals surface area contributed by atoms with Crippen molar-refractivity contribution in [2.75, 3.05) is 50.1 Å². The van der Waals surface area contributed by atoms with Gasteiger partial charge in [0, 0.05) is 43.2 Å². The smallest absolute Gasteiger partial charge is 0.336 e. The Morgan fingerprint density at radius 3 is 2.44 bits per heavy atom.